The van der Waals surface area contributed by atoms with Crippen molar-refractivity contribution in [3.63, 3.8) is 0 Å². The van der Waals surface area contributed by atoms with Crippen LogP contribution in [0.15, 0.2) is 50.7 Å². The number of fused-ring (bicyclic) bond motifs is 1. The molecule has 0 fully saturated rings. The quantitative estimate of drug-likeness (QED) is 0.835. The van der Waals surface area contributed by atoms with Gasteiger partial charge in [0, 0.05) is 9.37 Å². The highest BCUT2D eigenvalue weighted by atomic mass is 79.9. The Hall–Kier alpha value is -1.66. The summed E-state index contributed by atoms with van der Waals surface area (Å²) in [4.78, 5) is 23.9. The molecule has 1 heterocycles. The number of ketones is 1. The Labute approximate surface area is 126 Å². The number of hydrogen-bond donors (Lipinski definition) is 1. The van der Waals surface area contributed by atoms with Gasteiger partial charge in [-0.3, -0.25) is 9.59 Å². The number of halogens is 2. The topological polar surface area (TPSA) is 46.2 Å². The van der Waals surface area contributed by atoms with E-state index in [9.17, 15) is 14.0 Å². The van der Waals surface area contributed by atoms with Gasteiger partial charge in [0.25, 0.3) is 11.7 Å². The molecule has 0 spiro atoms. The average molecular weight is 352 g/mol. The SMILES string of the molecule is O=C1Nc2cc(Sc3ccccc3Br)c(F)cc2C1=O. The van der Waals surface area contributed by atoms with Crippen molar-refractivity contribution in [1.82, 2.24) is 0 Å². The number of Topliss-reactive ketones (excluding diaryl/α,β-unsaturated/α-hetero) is 1. The molecule has 0 aromatic heterocycles. The minimum atomic E-state index is -0.720. The summed E-state index contributed by atoms with van der Waals surface area (Å²) in [6.45, 7) is 0. The number of anilines is 1. The fourth-order valence-electron chi connectivity index (χ4n) is 1.87. The molecule has 0 saturated heterocycles. The second kappa shape index (κ2) is 5.03. The highest BCUT2D eigenvalue weighted by Gasteiger charge is 2.29. The van der Waals surface area contributed by atoms with Gasteiger partial charge in [0.2, 0.25) is 0 Å². The zero-order valence-electron chi connectivity index (χ0n) is 9.94. The first kappa shape index (κ1) is 13.3. The Morgan fingerprint density at radius 2 is 1.85 bits per heavy atom. The summed E-state index contributed by atoms with van der Waals surface area (Å²) < 4.78 is 14.9. The van der Waals surface area contributed by atoms with Gasteiger partial charge in [-0.2, -0.15) is 0 Å². The van der Waals surface area contributed by atoms with Gasteiger partial charge in [-0.05, 0) is 40.2 Å². The van der Waals surface area contributed by atoms with Crippen molar-refractivity contribution in [2.24, 2.45) is 0 Å². The maximum Gasteiger partial charge on any atom is 0.296 e. The molecule has 0 unspecified atom stereocenters. The standard InChI is InChI=1S/C14H7BrFNO2S/c15-8-3-1-2-4-11(8)20-12-6-10-7(5-9(12)16)13(18)14(19)17-10/h1-6H,(H,17,18,19). The Bertz CT molecular complexity index is 748. The minimum absolute atomic E-state index is 0.0870. The monoisotopic (exact) mass is 351 g/mol. The molecule has 6 heteroatoms. The summed E-state index contributed by atoms with van der Waals surface area (Å²) >= 11 is 4.62. The van der Waals surface area contributed by atoms with E-state index in [2.05, 4.69) is 21.2 Å². The Kier molecular flexibility index (Phi) is 3.35. The number of amides is 1. The van der Waals surface area contributed by atoms with E-state index in [1.165, 1.54) is 17.8 Å². The first-order valence-corrected chi connectivity index (χ1v) is 7.29. The van der Waals surface area contributed by atoms with E-state index in [4.69, 9.17) is 0 Å². The lowest BCUT2D eigenvalue weighted by Crippen LogP contribution is -2.12. The van der Waals surface area contributed by atoms with E-state index in [-0.39, 0.29) is 5.56 Å². The third-order valence-corrected chi connectivity index (χ3v) is 4.89. The van der Waals surface area contributed by atoms with Crippen LogP contribution in [0.25, 0.3) is 0 Å². The summed E-state index contributed by atoms with van der Waals surface area (Å²) in [6.07, 6.45) is 0. The van der Waals surface area contributed by atoms with Crippen LogP contribution in [0.5, 0.6) is 0 Å². The van der Waals surface area contributed by atoms with Crippen LogP contribution in [0.4, 0.5) is 10.1 Å². The highest BCUT2D eigenvalue weighted by molar-refractivity contribution is 9.10. The second-order valence-corrected chi connectivity index (χ2v) is 6.08. The molecule has 1 N–H and O–H groups in total. The van der Waals surface area contributed by atoms with Crippen molar-refractivity contribution in [3.05, 3.63) is 52.3 Å². The van der Waals surface area contributed by atoms with Gasteiger partial charge in [0.05, 0.1) is 16.1 Å². The molecule has 2 aromatic rings. The smallest absolute Gasteiger partial charge is 0.296 e. The van der Waals surface area contributed by atoms with E-state index in [0.29, 0.717) is 10.6 Å². The Morgan fingerprint density at radius 3 is 2.60 bits per heavy atom. The van der Waals surface area contributed by atoms with Crippen LogP contribution in [0.3, 0.4) is 0 Å². The zero-order chi connectivity index (χ0) is 14.3. The first-order valence-electron chi connectivity index (χ1n) is 5.68. The van der Waals surface area contributed by atoms with E-state index in [1.807, 2.05) is 24.3 Å². The minimum Gasteiger partial charge on any atom is -0.318 e. The van der Waals surface area contributed by atoms with Gasteiger partial charge in [0.15, 0.2) is 0 Å². The van der Waals surface area contributed by atoms with Crippen LogP contribution in [-0.2, 0) is 4.79 Å². The van der Waals surface area contributed by atoms with E-state index < -0.39 is 17.5 Å². The van der Waals surface area contributed by atoms with Crippen LogP contribution in [0.1, 0.15) is 10.4 Å². The molecule has 0 atom stereocenters. The molecule has 20 heavy (non-hydrogen) atoms. The van der Waals surface area contributed by atoms with Crippen molar-refractivity contribution < 1.29 is 14.0 Å². The largest absolute Gasteiger partial charge is 0.318 e. The fraction of sp³-hybridized carbons (Fsp3) is 0. The molecule has 0 saturated carbocycles. The van der Waals surface area contributed by atoms with Gasteiger partial charge in [0.1, 0.15) is 5.82 Å². The maximum atomic E-state index is 14.0. The number of hydrogen-bond acceptors (Lipinski definition) is 3. The first-order chi connectivity index (χ1) is 9.56. The molecule has 0 aliphatic carbocycles. The Balaban J connectivity index is 2.01. The summed E-state index contributed by atoms with van der Waals surface area (Å²) in [7, 11) is 0. The molecule has 2 aromatic carbocycles. The molecular formula is C14H7BrFNO2S. The normalized spacial score (nSPS) is 13.3. The number of benzene rings is 2. The van der Waals surface area contributed by atoms with Gasteiger partial charge in [-0.25, -0.2) is 4.39 Å². The van der Waals surface area contributed by atoms with Gasteiger partial charge in [-0.1, -0.05) is 23.9 Å². The molecule has 100 valence electrons. The lowest BCUT2D eigenvalue weighted by atomic mass is 10.1. The van der Waals surface area contributed by atoms with Gasteiger partial charge in [-0.15, -0.1) is 0 Å². The molecule has 0 radical (unpaired) electrons. The summed E-state index contributed by atoms with van der Waals surface area (Å²) in [5.41, 5.74) is 0.444. The van der Waals surface area contributed by atoms with Crippen molar-refractivity contribution in [3.8, 4) is 0 Å². The van der Waals surface area contributed by atoms with Crippen LogP contribution < -0.4 is 5.32 Å². The van der Waals surface area contributed by atoms with Crippen molar-refractivity contribution in [2.45, 2.75) is 9.79 Å². The molecule has 0 bridgehead atoms. The molecule has 3 rings (SSSR count). The fourth-order valence-corrected chi connectivity index (χ4v) is 3.28. The molecule has 1 aliphatic heterocycles. The third kappa shape index (κ3) is 2.25. The lowest BCUT2D eigenvalue weighted by molar-refractivity contribution is -0.112. The highest BCUT2D eigenvalue weighted by Crippen LogP contribution is 2.38. The number of nitrogens with one attached hydrogen (secondary N) is 1. The molecule has 1 amide bonds. The van der Waals surface area contributed by atoms with Crippen molar-refractivity contribution >= 4 is 45.1 Å². The maximum absolute atomic E-state index is 14.0. The van der Waals surface area contributed by atoms with Crippen LogP contribution in [0, 0.1) is 5.82 Å². The number of rotatable bonds is 2. The Morgan fingerprint density at radius 1 is 1.10 bits per heavy atom. The number of carbonyl (C=O) groups excluding carboxylic acids is 2. The van der Waals surface area contributed by atoms with Crippen molar-refractivity contribution in [1.29, 1.82) is 0 Å². The van der Waals surface area contributed by atoms with Crippen LogP contribution in [0.2, 0.25) is 0 Å². The van der Waals surface area contributed by atoms with E-state index in [1.54, 1.807) is 0 Å². The molecule has 1 aliphatic rings. The van der Waals surface area contributed by atoms with Crippen LogP contribution >= 0.6 is 27.7 Å². The molecule has 3 nitrogen and oxygen atoms in total. The summed E-state index contributed by atoms with van der Waals surface area (Å²) in [6, 6.07) is 10.0. The zero-order valence-corrected chi connectivity index (χ0v) is 12.3. The van der Waals surface area contributed by atoms with Gasteiger partial charge < -0.3 is 5.32 Å². The molecular weight excluding hydrogens is 345 g/mol. The third-order valence-electron chi connectivity index (χ3n) is 2.83. The predicted octanol–water partition coefficient (Wildman–Crippen LogP) is 3.87. The number of carbonyl (C=O) groups is 2. The summed E-state index contributed by atoms with van der Waals surface area (Å²) in [5, 5.41) is 2.43. The predicted molar refractivity (Wildman–Crippen MR) is 77.6 cm³/mol. The second-order valence-electron chi connectivity index (χ2n) is 4.14. The van der Waals surface area contributed by atoms with E-state index in [0.717, 1.165) is 15.4 Å². The van der Waals surface area contributed by atoms with E-state index >= 15 is 0 Å². The van der Waals surface area contributed by atoms with Crippen LogP contribution in [-0.4, -0.2) is 11.7 Å². The van der Waals surface area contributed by atoms with Crippen molar-refractivity contribution in [2.75, 3.05) is 5.32 Å². The summed E-state index contributed by atoms with van der Waals surface area (Å²) in [5.74, 6) is -1.94. The average Bonchev–Trinajstić information content (AvgIpc) is 2.69. The van der Waals surface area contributed by atoms with Gasteiger partial charge >= 0.3 is 0 Å². The lowest BCUT2D eigenvalue weighted by Gasteiger charge is -2.07.